The number of amides is 1. The molecule has 0 bridgehead atoms. The first-order chi connectivity index (χ1) is 14.2. The maximum atomic E-state index is 13.6. The second-order valence-electron chi connectivity index (χ2n) is 7.66. The second kappa shape index (κ2) is 8.64. The zero-order valence-electron chi connectivity index (χ0n) is 18.0. The van der Waals surface area contributed by atoms with E-state index >= 15 is 0 Å². The van der Waals surface area contributed by atoms with E-state index in [9.17, 15) is 14.4 Å². The molecule has 1 atom stereocenters. The van der Waals surface area contributed by atoms with E-state index in [1.54, 1.807) is 47.6 Å². The number of methoxy groups -OCH3 is 1. The maximum Gasteiger partial charge on any atom is 0.354 e. The van der Waals surface area contributed by atoms with Crippen molar-refractivity contribution in [3.8, 4) is 0 Å². The highest BCUT2D eigenvalue weighted by atomic mass is 35.5. The van der Waals surface area contributed by atoms with Crippen molar-refractivity contribution in [2.24, 2.45) is 0 Å². The molecule has 30 heavy (non-hydrogen) atoms. The fourth-order valence-corrected chi connectivity index (χ4v) is 4.23. The highest BCUT2D eigenvalue weighted by molar-refractivity contribution is 6.30. The summed E-state index contributed by atoms with van der Waals surface area (Å²) < 4.78 is 6.72. The van der Waals surface area contributed by atoms with Gasteiger partial charge in [0.25, 0.3) is 5.91 Å². The third-order valence-corrected chi connectivity index (χ3v) is 6.02. The summed E-state index contributed by atoms with van der Waals surface area (Å²) in [6.07, 6.45) is 1.75. The molecule has 1 aliphatic carbocycles. The molecule has 3 rings (SSSR count). The smallest absolute Gasteiger partial charge is 0.354 e. The first-order valence-corrected chi connectivity index (χ1v) is 10.5. The van der Waals surface area contributed by atoms with Crippen LogP contribution < -0.4 is 0 Å². The highest BCUT2D eigenvalue weighted by Gasteiger charge is 2.40. The SMILES string of the molecule is CCn1c(C)c(C(=O)[C@@H](C)N(C(=O)c2ccc(Cl)cc2)C2CC2)c(C)c1C(=O)OC. The number of carbonyl (C=O) groups is 3. The Morgan fingerprint density at radius 3 is 2.30 bits per heavy atom. The summed E-state index contributed by atoms with van der Waals surface area (Å²) >= 11 is 5.95. The molecule has 1 fully saturated rings. The van der Waals surface area contributed by atoms with Crippen LogP contribution in [0.15, 0.2) is 24.3 Å². The molecule has 160 valence electrons. The Labute approximate surface area is 181 Å². The normalized spacial score (nSPS) is 14.3. The van der Waals surface area contributed by atoms with Crippen molar-refractivity contribution in [2.75, 3.05) is 7.11 Å². The average molecular weight is 431 g/mol. The third kappa shape index (κ3) is 3.88. The lowest BCUT2D eigenvalue weighted by Gasteiger charge is -2.29. The Hall–Kier alpha value is -2.60. The van der Waals surface area contributed by atoms with Crippen molar-refractivity contribution in [2.45, 2.75) is 59.2 Å². The molecule has 0 spiro atoms. The van der Waals surface area contributed by atoms with Gasteiger partial charge in [0.15, 0.2) is 5.78 Å². The Kier molecular flexibility index (Phi) is 6.36. The number of hydrogen-bond donors (Lipinski definition) is 0. The average Bonchev–Trinajstić information content (AvgIpc) is 3.52. The molecule has 1 amide bonds. The van der Waals surface area contributed by atoms with E-state index in [2.05, 4.69) is 0 Å². The molecule has 7 heteroatoms. The fraction of sp³-hybridized carbons (Fsp3) is 0.435. The van der Waals surface area contributed by atoms with Crippen molar-refractivity contribution in [1.29, 1.82) is 0 Å². The Morgan fingerprint density at radius 2 is 1.80 bits per heavy atom. The van der Waals surface area contributed by atoms with Crippen molar-refractivity contribution in [3.05, 3.63) is 57.4 Å². The summed E-state index contributed by atoms with van der Waals surface area (Å²) in [4.78, 5) is 40.8. The monoisotopic (exact) mass is 430 g/mol. The van der Waals surface area contributed by atoms with E-state index in [-0.39, 0.29) is 17.7 Å². The minimum absolute atomic E-state index is 0.0427. The zero-order valence-corrected chi connectivity index (χ0v) is 18.7. The number of Topliss-reactive ketones (excluding diaryl/α,β-unsaturated/α-hetero) is 1. The first-order valence-electron chi connectivity index (χ1n) is 10.1. The van der Waals surface area contributed by atoms with Crippen LogP contribution in [0.25, 0.3) is 0 Å². The number of hydrogen-bond acceptors (Lipinski definition) is 4. The van der Waals surface area contributed by atoms with Gasteiger partial charge in [-0.1, -0.05) is 11.6 Å². The van der Waals surface area contributed by atoms with Crippen molar-refractivity contribution in [1.82, 2.24) is 9.47 Å². The predicted molar refractivity (Wildman–Crippen MR) is 115 cm³/mol. The van der Waals surface area contributed by atoms with Gasteiger partial charge in [-0.05, 0) is 70.4 Å². The lowest BCUT2D eigenvalue weighted by atomic mass is 9.99. The van der Waals surface area contributed by atoms with Gasteiger partial charge in [-0.3, -0.25) is 9.59 Å². The molecule has 2 aromatic rings. The molecular formula is C23H27ClN2O4. The molecule has 0 N–H and O–H groups in total. The summed E-state index contributed by atoms with van der Waals surface area (Å²) in [5.74, 6) is -0.828. The quantitative estimate of drug-likeness (QED) is 0.481. The Bertz CT molecular complexity index is 990. The largest absolute Gasteiger partial charge is 0.464 e. The van der Waals surface area contributed by atoms with Gasteiger partial charge in [0.1, 0.15) is 5.69 Å². The van der Waals surface area contributed by atoms with Crippen LogP contribution in [0.4, 0.5) is 0 Å². The molecule has 0 unspecified atom stereocenters. The number of benzene rings is 1. The Balaban J connectivity index is 1.99. The van der Waals surface area contributed by atoms with E-state index in [1.165, 1.54) is 7.11 Å². The van der Waals surface area contributed by atoms with Gasteiger partial charge in [0.2, 0.25) is 0 Å². The van der Waals surface area contributed by atoms with Crippen LogP contribution in [0.1, 0.15) is 69.2 Å². The summed E-state index contributed by atoms with van der Waals surface area (Å²) in [6.45, 7) is 7.79. The number of rotatable bonds is 7. The second-order valence-corrected chi connectivity index (χ2v) is 8.10. The van der Waals surface area contributed by atoms with E-state index in [0.717, 1.165) is 12.8 Å². The van der Waals surface area contributed by atoms with Gasteiger partial charge >= 0.3 is 5.97 Å². The molecule has 1 aromatic heterocycles. The lowest BCUT2D eigenvalue weighted by molar-refractivity contribution is 0.0586. The number of halogens is 1. The van der Waals surface area contributed by atoms with E-state index in [0.29, 0.717) is 39.6 Å². The Morgan fingerprint density at radius 1 is 1.20 bits per heavy atom. The predicted octanol–water partition coefficient (Wildman–Crippen LogP) is 4.44. The van der Waals surface area contributed by atoms with Crippen LogP contribution in [0, 0.1) is 13.8 Å². The van der Waals surface area contributed by atoms with Crippen LogP contribution in [-0.4, -0.2) is 46.3 Å². The van der Waals surface area contributed by atoms with Crippen molar-refractivity contribution in [3.63, 3.8) is 0 Å². The number of ketones is 1. The van der Waals surface area contributed by atoms with Crippen LogP contribution >= 0.6 is 11.6 Å². The van der Waals surface area contributed by atoms with Gasteiger partial charge in [-0.2, -0.15) is 0 Å². The van der Waals surface area contributed by atoms with Gasteiger partial charge in [0, 0.05) is 34.4 Å². The maximum absolute atomic E-state index is 13.6. The van der Waals surface area contributed by atoms with Crippen molar-refractivity contribution >= 4 is 29.3 Å². The molecule has 0 saturated heterocycles. The lowest BCUT2D eigenvalue weighted by Crippen LogP contribution is -2.45. The molecule has 1 aliphatic rings. The van der Waals surface area contributed by atoms with Crippen LogP contribution in [-0.2, 0) is 11.3 Å². The fourth-order valence-electron chi connectivity index (χ4n) is 4.10. The highest BCUT2D eigenvalue weighted by Crippen LogP contribution is 2.33. The summed E-state index contributed by atoms with van der Waals surface area (Å²) in [6, 6.07) is 6.08. The minimum atomic E-state index is -0.656. The summed E-state index contributed by atoms with van der Waals surface area (Å²) in [5, 5.41) is 0.552. The van der Waals surface area contributed by atoms with Gasteiger partial charge in [-0.15, -0.1) is 0 Å². The number of ether oxygens (including phenoxy) is 1. The summed E-state index contributed by atoms with van der Waals surface area (Å²) in [7, 11) is 1.33. The van der Waals surface area contributed by atoms with E-state index in [1.807, 2.05) is 13.8 Å². The zero-order chi connectivity index (χ0) is 22.2. The number of esters is 1. The molecular weight excluding hydrogens is 404 g/mol. The molecule has 0 radical (unpaired) electrons. The third-order valence-electron chi connectivity index (χ3n) is 5.77. The number of aromatic nitrogens is 1. The van der Waals surface area contributed by atoms with E-state index in [4.69, 9.17) is 16.3 Å². The van der Waals surface area contributed by atoms with Gasteiger partial charge < -0.3 is 14.2 Å². The minimum Gasteiger partial charge on any atom is -0.464 e. The van der Waals surface area contributed by atoms with Crippen LogP contribution in [0.2, 0.25) is 5.02 Å². The van der Waals surface area contributed by atoms with Gasteiger partial charge in [-0.25, -0.2) is 4.79 Å². The molecule has 6 nitrogen and oxygen atoms in total. The topological polar surface area (TPSA) is 68.6 Å². The van der Waals surface area contributed by atoms with Gasteiger partial charge in [0.05, 0.1) is 13.2 Å². The first kappa shape index (κ1) is 22.1. The number of carbonyl (C=O) groups excluding carboxylic acids is 3. The molecule has 1 saturated carbocycles. The molecule has 0 aliphatic heterocycles. The standard InChI is InChI=1S/C23H27ClN2O4/c1-6-25-14(3)19(13(2)20(25)23(29)30-5)21(27)15(4)26(18-11-12-18)22(28)16-7-9-17(24)10-8-16/h7-10,15,18H,6,11-12H2,1-5H3/t15-/m1/s1. The van der Waals surface area contributed by atoms with Crippen LogP contribution in [0.3, 0.4) is 0 Å². The van der Waals surface area contributed by atoms with Crippen molar-refractivity contribution < 1.29 is 19.1 Å². The number of nitrogens with zero attached hydrogens (tertiary/aromatic N) is 2. The molecule has 1 heterocycles. The van der Waals surface area contributed by atoms with E-state index < -0.39 is 12.0 Å². The summed E-state index contributed by atoms with van der Waals surface area (Å²) in [5.41, 5.74) is 2.67. The van der Waals surface area contributed by atoms with Crippen LogP contribution in [0.5, 0.6) is 0 Å². The molecule has 1 aromatic carbocycles.